The lowest BCUT2D eigenvalue weighted by atomic mass is 10.1. The Bertz CT molecular complexity index is 912. The van der Waals surface area contributed by atoms with Gasteiger partial charge in [0.15, 0.2) is 12.7 Å². The molecule has 2 aromatic rings. The van der Waals surface area contributed by atoms with Crippen molar-refractivity contribution in [1.29, 1.82) is 0 Å². The van der Waals surface area contributed by atoms with Crippen LogP contribution in [0.2, 0.25) is 0 Å². The standard InChI is InChI=1S/C21H25NO6/c1-11-7-8-16(9-12(11)2)27-10-17(23)28-15(5)20(24)19-13(3)18(14(4)22-19)21(25)26-6/h7-9,15,22H,10H2,1-6H3/t15-/m1/s1. The summed E-state index contributed by atoms with van der Waals surface area (Å²) in [5.41, 5.74) is 3.68. The van der Waals surface area contributed by atoms with Crippen LogP contribution in [0, 0.1) is 27.7 Å². The molecular weight excluding hydrogens is 362 g/mol. The zero-order valence-electron chi connectivity index (χ0n) is 17.0. The molecule has 0 saturated heterocycles. The Morgan fingerprint density at radius 1 is 1.07 bits per heavy atom. The van der Waals surface area contributed by atoms with Crippen molar-refractivity contribution in [2.75, 3.05) is 13.7 Å². The van der Waals surface area contributed by atoms with Crippen LogP contribution in [0.1, 0.15) is 50.2 Å². The lowest BCUT2D eigenvalue weighted by molar-refractivity contribution is -0.148. The SMILES string of the molecule is COC(=O)c1c(C)[nH]c(C(=O)[C@@H](C)OC(=O)COc2ccc(C)c(C)c2)c1C. The lowest BCUT2D eigenvalue weighted by Crippen LogP contribution is -2.28. The molecule has 0 aliphatic rings. The van der Waals surface area contributed by atoms with Gasteiger partial charge in [-0.05, 0) is 63.4 Å². The fraction of sp³-hybridized carbons (Fsp3) is 0.381. The Kier molecular flexibility index (Phi) is 6.62. The first-order chi connectivity index (χ1) is 13.1. The predicted octanol–water partition coefficient (Wildman–Crippen LogP) is 3.23. The molecule has 0 radical (unpaired) electrons. The summed E-state index contributed by atoms with van der Waals surface area (Å²) < 4.78 is 15.3. The number of benzene rings is 1. The third-order valence-corrected chi connectivity index (χ3v) is 4.59. The first-order valence-electron chi connectivity index (χ1n) is 8.86. The van der Waals surface area contributed by atoms with E-state index in [9.17, 15) is 14.4 Å². The number of aromatic amines is 1. The summed E-state index contributed by atoms with van der Waals surface area (Å²) in [6.07, 6.45) is -1.03. The van der Waals surface area contributed by atoms with Gasteiger partial charge < -0.3 is 19.2 Å². The molecule has 0 spiro atoms. The molecule has 1 aromatic carbocycles. The molecule has 1 heterocycles. The summed E-state index contributed by atoms with van der Waals surface area (Å²) in [6.45, 7) is 8.41. The summed E-state index contributed by atoms with van der Waals surface area (Å²) in [5, 5.41) is 0. The second-order valence-electron chi connectivity index (χ2n) is 6.65. The predicted molar refractivity (Wildman–Crippen MR) is 103 cm³/mol. The van der Waals surface area contributed by atoms with E-state index in [-0.39, 0.29) is 12.3 Å². The van der Waals surface area contributed by atoms with Gasteiger partial charge in [-0.3, -0.25) is 4.79 Å². The highest BCUT2D eigenvalue weighted by molar-refractivity contribution is 6.03. The van der Waals surface area contributed by atoms with E-state index in [0.717, 1.165) is 11.1 Å². The van der Waals surface area contributed by atoms with Crippen molar-refractivity contribution < 1.29 is 28.6 Å². The van der Waals surface area contributed by atoms with E-state index in [4.69, 9.17) is 14.2 Å². The maximum atomic E-state index is 12.6. The minimum absolute atomic E-state index is 0.216. The van der Waals surface area contributed by atoms with E-state index >= 15 is 0 Å². The number of ketones is 1. The summed E-state index contributed by atoms with van der Waals surface area (Å²) in [4.78, 5) is 39.4. The Labute approximate surface area is 164 Å². The molecule has 0 saturated carbocycles. The number of Topliss-reactive ketones (excluding diaryl/α,β-unsaturated/α-hetero) is 1. The fourth-order valence-corrected chi connectivity index (χ4v) is 2.84. The Morgan fingerprint density at radius 2 is 1.75 bits per heavy atom. The quantitative estimate of drug-likeness (QED) is 0.579. The van der Waals surface area contributed by atoms with Gasteiger partial charge in [0.1, 0.15) is 5.75 Å². The molecule has 2 rings (SSSR count). The summed E-state index contributed by atoms with van der Waals surface area (Å²) >= 11 is 0. The molecule has 7 nitrogen and oxygen atoms in total. The van der Waals surface area contributed by atoms with Crippen LogP contribution in [-0.2, 0) is 14.3 Å². The van der Waals surface area contributed by atoms with E-state index in [2.05, 4.69) is 4.98 Å². The normalized spacial score (nSPS) is 11.6. The number of hydrogen-bond donors (Lipinski definition) is 1. The number of aromatic nitrogens is 1. The fourth-order valence-electron chi connectivity index (χ4n) is 2.84. The number of carbonyl (C=O) groups excluding carboxylic acids is 3. The third-order valence-electron chi connectivity index (χ3n) is 4.59. The van der Waals surface area contributed by atoms with Crippen LogP contribution in [0.15, 0.2) is 18.2 Å². The van der Waals surface area contributed by atoms with Crippen molar-refractivity contribution in [1.82, 2.24) is 4.98 Å². The number of nitrogens with one attached hydrogen (secondary N) is 1. The van der Waals surface area contributed by atoms with E-state index in [0.29, 0.717) is 22.6 Å². The van der Waals surface area contributed by atoms with Gasteiger partial charge in [0, 0.05) is 5.69 Å². The van der Waals surface area contributed by atoms with E-state index in [1.54, 1.807) is 19.9 Å². The van der Waals surface area contributed by atoms with Crippen molar-refractivity contribution in [3.63, 3.8) is 0 Å². The van der Waals surface area contributed by atoms with Crippen LogP contribution >= 0.6 is 0 Å². The van der Waals surface area contributed by atoms with E-state index in [1.165, 1.54) is 14.0 Å². The highest BCUT2D eigenvalue weighted by Gasteiger charge is 2.27. The van der Waals surface area contributed by atoms with Crippen molar-refractivity contribution in [3.05, 3.63) is 51.8 Å². The van der Waals surface area contributed by atoms with Gasteiger partial charge in [-0.1, -0.05) is 6.07 Å². The first-order valence-corrected chi connectivity index (χ1v) is 8.86. The third kappa shape index (κ3) is 4.60. The van der Waals surface area contributed by atoms with E-state index < -0.39 is 23.8 Å². The monoisotopic (exact) mass is 387 g/mol. The summed E-state index contributed by atoms with van der Waals surface area (Å²) in [5.74, 6) is -1.07. The van der Waals surface area contributed by atoms with Crippen LogP contribution in [-0.4, -0.2) is 42.5 Å². The van der Waals surface area contributed by atoms with Gasteiger partial charge in [0.05, 0.1) is 18.4 Å². The minimum atomic E-state index is -1.03. The Morgan fingerprint density at radius 3 is 2.36 bits per heavy atom. The van der Waals surface area contributed by atoms with Gasteiger partial charge >= 0.3 is 11.9 Å². The average molecular weight is 387 g/mol. The molecule has 0 aliphatic heterocycles. The smallest absolute Gasteiger partial charge is 0.344 e. The van der Waals surface area contributed by atoms with Crippen LogP contribution in [0.4, 0.5) is 0 Å². The molecule has 7 heteroatoms. The lowest BCUT2D eigenvalue weighted by Gasteiger charge is -2.13. The largest absolute Gasteiger partial charge is 0.482 e. The second kappa shape index (κ2) is 8.73. The number of aryl methyl sites for hydroxylation is 3. The van der Waals surface area contributed by atoms with Crippen molar-refractivity contribution >= 4 is 17.7 Å². The number of carbonyl (C=O) groups is 3. The van der Waals surface area contributed by atoms with E-state index in [1.807, 2.05) is 26.0 Å². The molecule has 0 unspecified atom stereocenters. The van der Waals surface area contributed by atoms with Gasteiger partial charge in [0.2, 0.25) is 5.78 Å². The maximum Gasteiger partial charge on any atom is 0.344 e. The maximum absolute atomic E-state index is 12.6. The molecule has 28 heavy (non-hydrogen) atoms. The topological polar surface area (TPSA) is 94.7 Å². The number of H-pyrrole nitrogens is 1. The van der Waals surface area contributed by atoms with Crippen molar-refractivity contribution in [2.24, 2.45) is 0 Å². The number of methoxy groups -OCH3 is 1. The number of rotatable bonds is 7. The molecular formula is C21H25NO6. The molecule has 0 fully saturated rings. The first kappa shape index (κ1) is 21.2. The Balaban J connectivity index is 2.01. The number of esters is 2. The average Bonchev–Trinajstić information content (AvgIpc) is 2.95. The van der Waals surface area contributed by atoms with Crippen molar-refractivity contribution in [3.8, 4) is 5.75 Å². The summed E-state index contributed by atoms with van der Waals surface area (Å²) in [7, 11) is 1.27. The highest BCUT2D eigenvalue weighted by atomic mass is 16.6. The van der Waals surface area contributed by atoms with Crippen LogP contribution in [0.25, 0.3) is 0 Å². The van der Waals surface area contributed by atoms with Crippen LogP contribution in [0.3, 0.4) is 0 Å². The van der Waals surface area contributed by atoms with Crippen LogP contribution in [0.5, 0.6) is 5.75 Å². The molecule has 150 valence electrons. The molecule has 1 aromatic heterocycles. The van der Waals surface area contributed by atoms with Gasteiger partial charge in [-0.25, -0.2) is 9.59 Å². The summed E-state index contributed by atoms with van der Waals surface area (Å²) in [6, 6.07) is 5.50. The number of hydrogen-bond acceptors (Lipinski definition) is 6. The molecule has 1 N–H and O–H groups in total. The van der Waals surface area contributed by atoms with Gasteiger partial charge in [0.25, 0.3) is 0 Å². The molecule has 0 bridgehead atoms. The molecule has 0 amide bonds. The van der Waals surface area contributed by atoms with Gasteiger partial charge in [-0.15, -0.1) is 0 Å². The minimum Gasteiger partial charge on any atom is -0.482 e. The molecule has 1 atom stereocenters. The second-order valence-corrected chi connectivity index (χ2v) is 6.65. The molecule has 0 aliphatic carbocycles. The number of ether oxygens (including phenoxy) is 3. The highest BCUT2D eigenvalue weighted by Crippen LogP contribution is 2.21. The zero-order valence-corrected chi connectivity index (χ0v) is 17.0. The van der Waals surface area contributed by atoms with Crippen molar-refractivity contribution in [2.45, 2.75) is 40.7 Å². The zero-order chi connectivity index (χ0) is 21.0. The van der Waals surface area contributed by atoms with Crippen LogP contribution < -0.4 is 4.74 Å². The van der Waals surface area contributed by atoms with Gasteiger partial charge in [-0.2, -0.15) is 0 Å². The Hall–Kier alpha value is -3.09.